The van der Waals surface area contributed by atoms with E-state index in [0.29, 0.717) is 28.1 Å². The molecule has 3 N–H and O–H groups in total. The molecule has 33 heavy (non-hydrogen) atoms. The number of hydrogen-bond donors (Lipinski definition) is 3. The predicted molar refractivity (Wildman–Crippen MR) is 120 cm³/mol. The van der Waals surface area contributed by atoms with Crippen LogP contribution in [0.2, 0.25) is 0 Å². The summed E-state index contributed by atoms with van der Waals surface area (Å²) < 4.78 is 43.9. The van der Waals surface area contributed by atoms with Crippen LogP contribution in [-0.4, -0.2) is 16.2 Å². The van der Waals surface area contributed by atoms with E-state index >= 15 is 0 Å². The summed E-state index contributed by atoms with van der Waals surface area (Å²) in [5, 5.41) is 9.02. The second-order valence-electron chi connectivity index (χ2n) is 6.87. The zero-order valence-electron chi connectivity index (χ0n) is 16.5. The average Bonchev–Trinajstić information content (AvgIpc) is 3.19. The molecule has 3 aromatic carbocycles. The lowest BCUT2D eigenvalue weighted by Crippen LogP contribution is -2.20. The first-order valence-electron chi connectivity index (χ1n) is 9.41. The van der Waals surface area contributed by atoms with Crippen LogP contribution in [-0.2, 0) is 6.18 Å². The molecular weight excluding hydrogens is 505 g/mol. The van der Waals surface area contributed by atoms with Crippen molar-refractivity contribution in [3.63, 3.8) is 0 Å². The van der Waals surface area contributed by atoms with Gasteiger partial charge in [0.05, 0.1) is 11.3 Å². The molecule has 11 heteroatoms. The summed E-state index contributed by atoms with van der Waals surface area (Å²) in [6.07, 6.45) is -4.45. The Morgan fingerprint density at radius 2 is 1.70 bits per heavy atom. The Balaban J connectivity index is 1.66. The lowest BCUT2D eigenvalue weighted by molar-refractivity contribution is -0.137. The van der Waals surface area contributed by atoms with Gasteiger partial charge in [0.1, 0.15) is 0 Å². The number of carbonyl (C=O) groups is 1. The molecule has 0 aliphatic rings. The standard InChI is InChI=1S/C22H14BrF3N4O3/c23-15-2-1-3-16(11-15)27-20(31)28-18-9-6-13(10-17(18)19-29-21(32)33-30-19)12-4-7-14(8-5-12)22(24,25)26/h1-11H,(H2,27,28,31)(H,29,30,32). The first kappa shape index (κ1) is 22.3. The molecule has 0 aliphatic carbocycles. The molecule has 0 saturated heterocycles. The zero-order chi connectivity index (χ0) is 23.6. The lowest BCUT2D eigenvalue weighted by atomic mass is 10.00. The Hall–Kier alpha value is -3.86. The number of nitrogens with zero attached hydrogens (tertiary/aromatic N) is 1. The summed E-state index contributed by atoms with van der Waals surface area (Å²) in [5.74, 6) is -0.749. The van der Waals surface area contributed by atoms with Crippen molar-refractivity contribution in [1.29, 1.82) is 0 Å². The van der Waals surface area contributed by atoms with Crippen LogP contribution in [0.3, 0.4) is 0 Å². The molecule has 7 nitrogen and oxygen atoms in total. The van der Waals surface area contributed by atoms with Gasteiger partial charge in [-0.05, 0) is 53.6 Å². The van der Waals surface area contributed by atoms with Gasteiger partial charge in [-0.15, -0.1) is 0 Å². The highest BCUT2D eigenvalue weighted by atomic mass is 79.9. The minimum absolute atomic E-state index is 0.0477. The number of rotatable bonds is 4. The van der Waals surface area contributed by atoms with Gasteiger partial charge in [-0.25, -0.2) is 9.59 Å². The molecule has 0 spiro atoms. The highest BCUT2D eigenvalue weighted by Crippen LogP contribution is 2.34. The van der Waals surface area contributed by atoms with E-state index in [1.54, 1.807) is 36.4 Å². The molecule has 4 rings (SSSR count). The molecular formula is C22H14BrF3N4O3. The number of hydrogen-bond acceptors (Lipinski definition) is 4. The third-order valence-corrected chi connectivity index (χ3v) is 5.08. The number of benzene rings is 3. The number of halogens is 4. The van der Waals surface area contributed by atoms with Crippen LogP contribution in [0.5, 0.6) is 0 Å². The van der Waals surface area contributed by atoms with E-state index in [2.05, 4.69) is 41.2 Å². The summed E-state index contributed by atoms with van der Waals surface area (Å²) in [6, 6.07) is 15.8. The average molecular weight is 519 g/mol. The summed E-state index contributed by atoms with van der Waals surface area (Å²) in [4.78, 5) is 26.4. The van der Waals surface area contributed by atoms with Gasteiger partial charge in [-0.2, -0.15) is 13.2 Å². The van der Waals surface area contributed by atoms with Gasteiger partial charge >= 0.3 is 18.0 Å². The topological polar surface area (TPSA) is 100 Å². The van der Waals surface area contributed by atoms with Crippen molar-refractivity contribution in [2.24, 2.45) is 0 Å². The van der Waals surface area contributed by atoms with Gasteiger partial charge < -0.3 is 10.6 Å². The van der Waals surface area contributed by atoms with Crippen molar-refractivity contribution in [1.82, 2.24) is 10.1 Å². The Morgan fingerprint density at radius 3 is 2.33 bits per heavy atom. The number of aromatic nitrogens is 2. The van der Waals surface area contributed by atoms with E-state index in [0.717, 1.165) is 16.6 Å². The molecule has 0 saturated carbocycles. The van der Waals surface area contributed by atoms with Crippen molar-refractivity contribution >= 4 is 33.3 Å². The third kappa shape index (κ3) is 5.32. The SMILES string of the molecule is O=C(Nc1cccc(Br)c1)Nc1ccc(-c2ccc(C(F)(F)F)cc2)cc1-c1noc(=O)[nH]1. The fraction of sp³-hybridized carbons (Fsp3) is 0.0455. The molecule has 1 heterocycles. The monoisotopic (exact) mass is 518 g/mol. The number of alkyl halides is 3. The van der Waals surface area contributed by atoms with Gasteiger partial charge in [-0.1, -0.05) is 45.4 Å². The number of carbonyl (C=O) groups excluding carboxylic acids is 1. The number of aromatic amines is 1. The van der Waals surface area contributed by atoms with Crippen molar-refractivity contribution in [2.45, 2.75) is 6.18 Å². The first-order chi connectivity index (χ1) is 15.7. The number of H-pyrrole nitrogens is 1. The molecule has 0 bridgehead atoms. The smallest absolute Gasteiger partial charge is 0.308 e. The van der Waals surface area contributed by atoms with E-state index in [1.165, 1.54) is 12.1 Å². The Bertz CT molecular complexity index is 1360. The Morgan fingerprint density at radius 1 is 0.970 bits per heavy atom. The summed E-state index contributed by atoms with van der Waals surface area (Å²) in [5.41, 5.74) is 1.42. The van der Waals surface area contributed by atoms with Crippen LogP contribution in [0.25, 0.3) is 22.5 Å². The van der Waals surface area contributed by atoms with Crippen LogP contribution >= 0.6 is 15.9 Å². The highest BCUT2D eigenvalue weighted by Gasteiger charge is 2.30. The largest absolute Gasteiger partial charge is 0.439 e. The quantitative estimate of drug-likeness (QED) is 0.303. The van der Waals surface area contributed by atoms with Crippen molar-refractivity contribution < 1.29 is 22.5 Å². The van der Waals surface area contributed by atoms with Gasteiger partial charge in [0.2, 0.25) is 0 Å². The first-order valence-corrected chi connectivity index (χ1v) is 10.2. The van der Waals surface area contributed by atoms with E-state index in [1.807, 2.05) is 6.07 Å². The molecule has 0 unspecified atom stereocenters. The number of urea groups is 1. The number of amides is 2. The van der Waals surface area contributed by atoms with Crippen molar-refractivity contribution in [2.75, 3.05) is 10.6 Å². The maximum absolute atomic E-state index is 12.9. The van der Waals surface area contributed by atoms with Gasteiger partial charge in [0.15, 0.2) is 5.82 Å². The van der Waals surface area contributed by atoms with Crippen molar-refractivity contribution in [3.05, 3.63) is 87.3 Å². The predicted octanol–water partition coefficient (Wildman–Crippen LogP) is 6.12. The van der Waals surface area contributed by atoms with E-state index in [9.17, 15) is 22.8 Å². The Labute approximate surface area is 192 Å². The second-order valence-corrected chi connectivity index (χ2v) is 7.78. The van der Waals surface area contributed by atoms with E-state index in [4.69, 9.17) is 0 Å². The normalized spacial score (nSPS) is 11.3. The molecule has 0 radical (unpaired) electrons. The second kappa shape index (κ2) is 8.94. The molecule has 2 amide bonds. The molecule has 4 aromatic rings. The molecule has 0 fully saturated rings. The van der Waals surface area contributed by atoms with E-state index < -0.39 is 23.5 Å². The zero-order valence-corrected chi connectivity index (χ0v) is 18.1. The third-order valence-electron chi connectivity index (χ3n) is 4.59. The number of anilines is 2. The fourth-order valence-corrected chi connectivity index (χ4v) is 3.48. The van der Waals surface area contributed by atoms with Crippen LogP contribution in [0.1, 0.15) is 5.56 Å². The van der Waals surface area contributed by atoms with E-state index in [-0.39, 0.29) is 5.82 Å². The minimum Gasteiger partial charge on any atom is -0.308 e. The summed E-state index contributed by atoms with van der Waals surface area (Å²) >= 11 is 3.32. The summed E-state index contributed by atoms with van der Waals surface area (Å²) in [7, 11) is 0. The highest BCUT2D eigenvalue weighted by molar-refractivity contribution is 9.10. The fourth-order valence-electron chi connectivity index (χ4n) is 3.08. The lowest BCUT2D eigenvalue weighted by Gasteiger charge is -2.13. The molecule has 1 aromatic heterocycles. The molecule has 0 atom stereocenters. The van der Waals surface area contributed by atoms with Gasteiger partial charge in [-0.3, -0.25) is 9.51 Å². The molecule has 168 valence electrons. The van der Waals surface area contributed by atoms with Crippen LogP contribution in [0, 0.1) is 0 Å². The van der Waals surface area contributed by atoms with Crippen LogP contribution < -0.4 is 16.4 Å². The van der Waals surface area contributed by atoms with Crippen LogP contribution in [0.15, 0.2) is 80.5 Å². The van der Waals surface area contributed by atoms with Crippen LogP contribution in [0.4, 0.5) is 29.3 Å². The maximum atomic E-state index is 12.9. The summed E-state index contributed by atoms with van der Waals surface area (Å²) in [6.45, 7) is 0. The van der Waals surface area contributed by atoms with Gasteiger partial charge in [0.25, 0.3) is 0 Å². The molecule has 0 aliphatic heterocycles. The van der Waals surface area contributed by atoms with Crippen molar-refractivity contribution in [3.8, 4) is 22.5 Å². The number of nitrogens with one attached hydrogen (secondary N) is 3. The Kier molecular flexibility index (Phi) is 6.05. The maximum Gasteiger partial charge on any atom is 0.439 e. The minimum atomic E-state index is -4.45. The van der Waals surface area contributed by atoms with Gasteiger partial charge in [0, 0.05) is 15.7 Å².